The number of nitrogens with zero attached hydrogens (tertiary/aromatic N) is 1. The minimum Gasteiger partial charge on any atom is -0.387 e. The van der Waals surface area contributed by atoms with E-state index in [1.165, 1.54) is 16.8 Å². The molecule has 0 unspecified atom stereocenters. The van der Waals surface area contributed by atoms with Crippen LogP contribution >= 0.6 is 0 Å². The monoisotopic (exact) mass is 305 g/mol. The highest BCUT2D eigenvalue weighted by molar-refractivity contribution is 5.16. The fraction of sp³-hybridized carbons (Fsp3) is 0.333. The molecule has 1 heterocycles. The molecule has 1 N–H and O–H groups in total. The Bertz CT molecular complexity index is 604. The Kier molecular flexibility index (Phi) is 5.87. The van der Waals surface area contributed by atoms with Gasteiger partial charge in [0.15, 0.2) is 0 Å². The molecule has 1 aliphatic rings. The van der Waals surface area contributed by atoms with Crippen LogP contribution in [0.5, 0.6) is 0 Å². The molecule has 0 aliphatic carbocycles. The normalized spacial score (nSPS) is 15.2. The van der Waals surface area contributed by atoms with Gasteiger partial charge in [-0.25, -0.2) is 0 Å². The second-order valence-electron chi connectivity index (χ2n) is 6.08. The third kappa shape index (κ3) is 5.26. The van der Waals surface area contributed by atoms with Gasteiger partial charge in [-0.2, -0.15) is 0 Å². The molecule has 0 bridgehead atoms. The van der Waals surface area contributed by atoms with Crippen molar-refractivity contribution in [3.05, 3.63) is 83.6 Å². The molecule has 0 amide bonds. The molecular formula is C21H25N2. The average Bonchev–Trinajstić information content (AvgIpc) is 2.62. The quantitative estimate of drug-likeness (QED) is 0.843. The summed E-state index contributed by atoms with van der Waals surface area (Å²) in [6, 6.07) is 21.4. The van der Waals surface area contributed by atoms with E-state index in [0.717, 1.165) is 45.4 Å². The van der Waals surface area contributed by atoms with E-state index < -0.39 is 0 Å². The van der Waals surface area contributed by atoms with E-state index in [0.29, 0.717) is 0 Å². The molecule has 2 heteroatoms. The molecule has 3 rings (SSSR count). The lowest BCUT2D eigenvalue weighted by atomic mass is 10.1. The molecule has 0 spiro atoms. The molecule has 119 valence electrons. The first-order valence-corrected chi connectivity index (χ1v) is 8.54. The molecule has 1 radical (unpaired) electrons. The summed E-state index contributed by atoms with van der Waals surface area (Å²) >= 11 is 0. The van der Waals surface area contributed by atoms with Crippen LogP contribution in [0.3, 0.4) is 0 Å². The number of hydrogen-bond donors (Lipinski definition) is 1. The summed E-state index contributed by atoms with van der Waals surface area (Å²) in [5, 5.41) is 3.56. The van der Waals surface area contributed by atoms with E-state index >= 15 is 0 Å². The summed E-state index contributed by atoms with van der Waals surface area (Å²) < 4.78 is 0. The lowest BCUT2D eigenvalue weighted by molar-refractivity contribution is 0.284. The standard InChI is InChI=1S/C21H25N2/c1-3-8-19(9-4-1)13-15-22-21-12-7-16-23(18-21)17-14-20-10-5-2-6-11-20/h1-6,8-11,22H,7,13-18H2. The average molecular weight is 305 g/mol. The molecule has 23 heavy (non-hydrogen) atoms. The Morgan fingerprint density at radius 3 is 2.22 bits per heavy atom. The van der Waals surface area contributed by atoms with Crippen LogP contribution in [-0.4, -0.2) is 31.1 Å². The maximum atomic E-state index is 3.56. The van der Waals surface area contributed by atoms with Crippen molar-refractivity contribution < 1.29 is 0 Å². The molecule has 0 fully saturated rings. The van der Waals surface area contributed by atoms with E-state index in [4.69, 9.17) is 0 Å². The van der Waals surface area contributed by atoms with Gasteiger partial charge >= 0.3 is 0 Å². The predicted molar refractivity (Wildman–Crippen MR) is 96.1 cm³/mol. The minimum absolute atomic E-state index is 0.985. The number of benzene rings is 2. The molecule has 2 aromatic carbocycles. The lowest BCUT2D eigenvalue weighted by Crippen LogP contribution is -2.36. The van der Waals surface area contributed by atoms with Crippen molar-refractivity contribution in [2.75, 3.05) is 26.2 Å². The Morgan fingerprint density at radius 1 is 0.870 bits per heavy atom. The van der Waals surface area contributed by atoms with E-state index in [-0.39, 0.29) is 0 Å². The van der Waals surface area contributed by atoms with Crippen molar-refractivity contribution in [1.29, 1.82) is 0 Å². The van der Waals surface area contributed by atoms with Gasteiger partial charge in [0.2, 0.25) is 0 Å². The highest BCUT2D eigenvalue weighted by Gasteiger charge is 2.12. The first-order chi connectivity index (χ1) is 11.4. The van der Waals surface area contributed by atoms with Gasteiger partial charge in [0.1, 0.15) is 0 Å². The van der Waals surface area contributed by atoms with Crippen molar-refractivity contribution in [2.24, 2.45) is 0 Å². The third-order valence-corrected chi connectivity index (χ3v) is 4.30. The Morgan fingerprint density at radius 2 is 1.52 bits per heavy atom. The summed E-state index contributed by atoms with van der Waals surface area (Å²) in [4.78, 5) is 2.52. The zero-order chi connectivity index (χ0) is 15.7. The summed E-state index contributed by atoms with van der Waals surface area (Å²) in [5.74, 6) is 0. The summed E-state index contributed by atoms with van der Waals surface area (Å²) in [5.41, 5.74) is 4.07. The van der Waals surface area contributed by atoms with E-state index in [1.54, 1.807) is 0 Å². The summed E-state index contributed by atoms with van der Waals surface area (Å²) in [6.45, 7) is 4.23. The van der Waals surface area contributed by atoms with Crippen LogP contribution < -0.4 is 5.32 Å². The van der Waals surface area contributed by atoms with Crippen LogP contribution in [0, 0.1) is 6.08 Å². The van der Waals surface area contributed by atoms with Crippen molar-refractivity contribution >= 4 is 0 Å². The summed E-state index contributed by atoms with van der Waals surface area (Å²) in [6.07, 6.45) is 6.72. The molecular weight excluding hydrogens is 280 g/mol. The van der Waals surface area contributed by atoms with E-state index in [1.807, 2.05) is 0 Å². The first kappa shape index (κ1) is 15.8. The highest BCUT2D eigenvalue weighted by atomic mass is 15.1. The maximum absolute atomic E-state index is 3.56. The van der Waals surface area contributed by atoms with Crippen LogP contribution in [0.2, 0.25) is 0 Å². The Labute approximate surface area is 139 Å². The molecule has 0 atom stereocenters. The first-order valence-electron chi connectivity index (χ1n) is 8.54. The van der Waals surface area contributed by atoms with E-state index in [9.17, 15) is 0 Å². The van der Waals surface area contributed by atoms with Gasteiger partial charge in [-0.1, -0.05) is 60.7 Å². The Balaban J connectivity index is 1.40. The molecule has 2 nitrogen and oxygen atoms in total. The van der Waals surface area contributed by atoms with E-state index in [2.05, 4.69) is 77.0 Å². The van der Waals surface area contributed by atoms with Crippen LogP contribution in [0.4, 0.5) is 0 Å². The molecule has 1 aliphatic heterocycles. The lowest BCUT2D eigenvalue weighted by Gasteiger charge is -2.27. The minimum atomic E-state index is 0.985. The van der Waals surface area contributed by atoms with Crippen molar-refractivity contribution in [3.63, 3.8) is 0 Å². The van der Waals surface area contributed by atoms with Gasteiger partial charge in [-0.3, -0.25) is 4.90 Å². The maximum Gasteiger partial charge on any atom is 0.0384 e. The zero-order valence-corrected chi connectivity index (χ0v) is 13.7. The second kappa shape index (κ2) is 8.54. The van der Waals surface area contributed by atoms with Gasteiger partial charge in [-0.05, 0) is 36.5 Å². The largest absolute Gasteiger partial charge is 0.387 e. The second-order valence-corrected chi connectivity index (χ2v) is 6.08. The van der Waals surface area contributed by atoms with Gasteiger partial charge < -0.3 is 5.32 Å². The Hall–Kier alpha value is -2.06. The van der Waals surface area contributed by atoms with Crippen molar-refractivity contribution in [2.45, 2.75) is 19.3 Å². The molecule has 0 aromatic heterocycles. The molecule has 2 aromatic rings. The smallest absolute Gasteiger partial charge is 0.0384 e. The van der Waals surface area contributed by atoms with Gasteiger partial charge in [0.05, 0.1) is 0 Å². The van der Waals surface area contributed by atoms with Crippen LogP contribution in [0.1, 0.15) is 17.5 Å². The van der Waals surface area contributed by atoms with Crippen molar-refractivity contribution in [3.8, 4) is 0 Å². The molecule has 0 saturated heterocycles. The highest BCUT2D eigenvalue weighted by Crippen LogP contribution is 2.09. The fourth-order valence-electron chi connectivity index (χ4n) is 2.97. The fourth-order valence-corrected chi connectivity index (χ4v) is 2.97. The predicted octanol–water partition coefficient (Wildman–Crippen LogP) is 3.45. The van der Waals surface area contributed by atoms with Crippen LogP contribution in [-0.2, 0) is 12.8 Å². The van der Waals surface area contributed by atoms with Crippen molar-refractivity contribution in [1.82, 2.24) is 10.2 Å². The third-order valence-electron chi connectivity index (χ3n) is 4.30. The number of hydrogen-bond acceptors (Lipinski definition) is 2. The number of nitrogens with one attached hydrogen (secondary N) is 1. The zero-order valence-electron chi connectivity index (χ0n) is 13.7. The molecule has 0 saturated carbocycles. The summed E-state index contributed by atoms with van der Waals surface area (Å²) in [7, 11) is 0. The van der Waals surface area contributed by atoms with Gasteiger partial charge in [0.25, 0.3) is 0 Å². The van der Waals surface area contributed by atoms with Gasteiger partial charge in [0, 0.05) is 31.9 Å². The topological polar surface area (TPSA) is 15.3 Å². The SMILES string of the molecule is [C]1=C(NCCc2ccccc2)CN(CCc2ccccc2)CC1. The van der Waals surface area contributed by atoms with Crippen LogP contribution in [0.25, 0.3) is 0 Å². The van der Waals surface area contributed by atoms with Gasteiger partial charge in [-0.15, -0.1) is 0 Å². The van der Waals surface area contributed by atoms with Crippen LogP contribution in [0.15, 0.2) is 66.4 Å². The number of rotatable bonds is 7.